The zero-order valence-corrected chi connectivity index (χ0v) is 19.5. The summed E-state index contributed by atoms with van der Waals surface area (Å²) in [5.41, 5.74) is 6.77. The van der Waals surface area contributed by atoms with Crippen LogP contribution < -0.4 is 0 Å². The molecule has 4 aromatic rings. The number of carbonyl (C=O) groups excluding carboxylic acids is 1. The third kappa shape index (κ3) is 5.12. The lowest BCUT2D eigenvalue weighted by molar-refractivity contribution is -0.132. The molecule has 0 radical (unpaired) electrons. The molecule has 0 fully saturated rings. The van der Waals surface area contributed by atoms with Crippen LogP contribution in [0.5, 0.6) is 0 Å². The molecule has 0 aliphatic rings. The summed E-state index contributed by atoms with van der Waals surface area (Å²) in [4.78, 5) is 19.7. The number of hydrogen-bond acceptors (Lipinski definition) is 4. The Hall–Kier alpha value is -4.05. The Morgan fingerprint density at radius 1 is 1.06 bits per heavy atom. The van der Waals surface area contributed by atoms with E-state index in [2.05, 4.69) is 16.2 Å². The van der Waals surface area contributed by atoms with Crippen LogP contribution in [0.3, 0.4) is 0 Å². The second-order valence-corrected chi connectivity index (χ2v) is 8.51. The topological polar surface area (TPSA) is 74.3 Å². The maximum Gasteiger partial charge on any atom is 0.223 e. The van der Waals surface area contributed by atoms with Crippen LogP contribution in [-0.2, 0) is 24.3 Å². The summed E-state index contributed by atoms with van der Waals surface area (Å²) in [7, 11) is 0. The Labute approximate surface area is 198 Å². The highest BCUT2D eigenvalue weighted by Gasteiger charge is 2.18. The van der Waals surface area contributed by atoms with Crippen molar-refractivity contribution in [1.29, 1.82) is 5.26 Å². The van der Waals surface area contributed by atoms with E-state index in [9.17, 15) is 9.18 Å². The number of nitriles is 1. The molecule has 0 atom stereocenters. The number of hydrogen-bond donors (Lipinski definition) is 0. The molecule has 2 aromatic carbocycles. The largest absolute Gasteiger partial charge is 0.334 e. The Balaban J connectivity index is 1.56. The Morgan fingerprint density at radius 2 is 1.79 bits per heavy atom. The highest BCUT2D eigenvalue weighted by molar-refractivity contribution is 5.76. The van der Waals surface area contributed by atoms with E-state index >= 15 is 0 Å². The average molecular weight is 456 g/mol. The van der Waals surface area contributed by atoms with Gasteiger partial charge in [0.2, 0.25) is 5.91 Å². The quantitative estimate of drug-likeness (QED) is 0.400. The first-order chi connectivity index (χ1) is 16.3. The van der Waals surface area contributed by atoms with Crippen LogP contribution >= 0.6 is 0 Å². The van der Waals surface area contributed by atoms with Gasteiger partial charge < -0.3 is 4.90 Å². The predicted octanol–water partition coefficient (Wildman–Crippen LogP) is 4.83. The van der Waals surface area contributed by atoms with Crippen LogP contribution in [0.4, 0.5) is 4.39 Å². The highest BCUT2D eigenvalue weighted by Crippen LogP contribution is 2.19. The highest BCUT2D eigenvalue weighted by atomic mass is 19.1. The third-order valence-corrected chi connectivity index (χ3v) is 5.95. The van der Waals surface area contributed by atoms with Gasteiger partial charge in [0.25, 0.3) is 0 Å². The Bertz CT molecular complexity index is 1380. The molecule has 7 heteroatoms. The average Bonchev–Trinajstić information content (AvgIpc) is 3.19. The van der Waals surface area contributed by atoms with Gasteiger partial charge in [-0.1, -0.05) is 24.3 Å². The summed E-state index contributed by atoms with van der Waals surface area (Å²) in [5, 5.41) is 13.6. The fourth-order valence-electron chi connectivity index (χ4n) is 4.19. The van der Waals surface area contributed by atoms with Crippen LogP contribution in [0.2, 0.25) is 0 Å². The summed E-state index contributed by atoms with van der Waals surface area (Å²) in [6.45, 7) is 6.55. The molecule has 0 unspecified atom stereocenters. The van der Waals surface area contributed by atoms with Gasteiger partial charge in [0.15, 0.2) is 5.65 Å². The van der Waals surface area contributed by atoms with E-state index in [1.807, 2.05) is 49.6 Å². The van der Waals surface area contributed by atoms with Crippen LogP contribution in [0.25, 0.3) is 5.65 Å². The van der Waals surface area contributed by atoms with Gasteiger partial charge in [0, 0.05) is 37.0 Å². The monoisotopic (exact) mass is 455 g/mol. The van der Waals surface area contributed by atoms with Gasteiger partial charge in [-0.2, -0.15) is 10.4 Å². The summed E-state index contributed by atoms with van der Waals surface area (Å²) >= 11 is 0. The molecule has 0 aliphatic carbocycles. The van der Waals surface area contributed by atoms with Crippen molar-refractivity contribution in [2.24, 2.45) is 0 Å². The second kappa shape index (κ2) is 9.84. The van der Waals surface area contributed by atoms with Gasteiger partial charge in [0.1, 0.15) is 5.82 Å². The molecule has 0 saturated carbocycles. The molecule has 2 aromatic heterocycles. The van der Waals surface area contributed by atoms with Crippen molar-refractivity contribution in [2.75, 3.05) is 0 Å². The molecule has 6 nitrogen and oxygen atoms in total. The molecule has 0 N–H and O–H groups in total. The lowest BCUT2D eigenvalue weighted by atomic mass is 10.1. The van der Waals surface area contributed by atoms with Crippen LogP contribution in [0.15, 0.2) is 54.6 Å². The van der Waals surface area contributed by atoms with E-state index in [1.165, 1.54) is 12.1 Å². The normalized spacial score (nSPS) is 10.9. The van der Waals surface area contributed by atoms with Gasteiger partial charge in [-0.25, -0.2) is 13.9 Å². The van der Waals surface area contributed by atoms with E-state index in [1.54, 1.807) is 23.1 Å². The number of rotatable bonds is 7. The second-order valence-electron chi connectivity index (χ2n) is 8.51. The van der Waals surface area contributed by atoms with Gasteiger partial charge in [0.05, 0.1) is 17.3 Å². The summed E-state index contributed by atoms with van der Waals surface area (Å²) in [5.74, 6) is -0.368. The smallest absolute Gasteiger partial charge is 0.223 e. The molecule has 1 amide bonds. The molecule has 0 spiro atoms. The van der Waals surface area contributed by atoms with Crippen molar-refractivity contribution in [2.45, 2.75) is 46.7 Å². The predicted molar refractivity (Wildman–Crippen MR) is 127 cm³/mol. The van der Waals surface area contributed by atoms with Crippen molar-refractivity contribution in [1.82, 2.24) is 19.5 Å². The molecular weight excluding hydrogens is 429 g/mol. The Morgan fingerprint density at radius 3 is 2.50 bits per heavy atom. The molecule has 0 bridgehead atoms. The van der Waals surface area contributed by atoms with Crippen LogP contribution in [0.1, 0.15) is 45.8 Å². The van der Waals surface area contributed by atoms with Crippen molar-refractivity contribution >= 4 is 11.6 Å². The maximum atomic E-state index is 13.8. The van der Waals surface area contributed by atoms with Crippen molar-refractivity contribution in [3.8, 4) is 6.07 Å². The first-order valence-corrected chi connectivity index (χ1v) is 11.2. The van der Waals surface area contributed by atoms with Crippen molar-refractivity contribution < 1.29 is 9.18 Å². The van der Waals surface area contributed by atoms with Crippen molar-refractivity contribution in [3.05, 3.63) is 99.8 Å². The summed E-state index contributed by atoms with van der Waals surface area (Å²) in [6.07, 6.45) is 0.825. The zero-order chi connectivity index (χ0) is 24.2. The molecule has 0 saturated heterocycles. The SMILES string of the molecule is Cc1cc2nc(C)c(CCC(=O)N(Cc3ccc(C#N)cc3)Cc3cccc(F)c3)c(C)n2n1. The maximum absolute atomic E-state index is 13.8. The number of fused-ring (bicyclic) bond motifs is 1. The van der Waals surface area contributed by atoms with Gasteiger partial charge in [-0.15, -0.1) is 0 Å². The lowest BCUT2D eigenvalue weighted by Gasteiger charge is -2.24. The van der Waals surface area contributed by atoms with E-state index < -0.39 is 0 Å². The minimum Gasteiger partial charge on any atom is -0.334 e. The minimum absolute atomic E-state index is 0.0378. The first-order valence-electron chi connectivity index (χ1n) is 11.2. The molecule has 4 rings (SSSR count). The van der Waals surface area contributed by atoms with Gasteiger partial charge in [-0.05, 0) is 68.1 Å². The third-order valence-electron chi connectivity index (χ3n) is 5.95. The lowest BCUT2D eigenvalue weighted by Crippen LogP contribution is -2.30. The minimum atomic E-state index is -0.330. The summed E-state index contributed by atoms with van der Waals surface area (Å²) < 4.78 is 15.6. The fourth-order valence-corrected chi connectivity index (χ4v) is 4.19. The molecule has 0 aliphatic heterocycles. The van der Waals surface area contributed by atoms with Crippen LogP contribution in [-0.4, -0.2) is 25.4 Å². The number of nitrogens with zero attached hydrogens (tertiary/aromatic N) is 5. The van der Waals surface area contributed by atoms with E-state index in [-0.39, 0.29) is 11.7 Å². The first kappa shape index (κ1) is 23.1. The van der Waals surface area contributed by atoms with Gasteiger partial charge >= 0.3 is 0 Å². The fraction of sp³-hybridized carbons (Fsp3) is 0.259. The molecule has 2 heterocycles. The number of aromatic nitrogens is 3. The molecule has 172 valence electrons. The summed E-state index contributed by atoms with van der Waals surface area (Å²) in [6, 6.07) is 17.5. The Kier molecular flexibility index (Phi) is 6.69. The number of halogens is 1. The number of benzene rings is 2. The van der Waals surface area contributed by atoms with Crippen molar-refractivity contribution in [3.63, 3.8) is 0 Å². The zero-order valence-electron chi connectivity index (χ0n) is 19.5. The van der Waals surface area contributed by atoms with Gasteiger partial charge in [-0.3, -0.25) is 4.79 Å². The number of amides is 1. The van der Waals surface area contributed by atoms with Crippen LogP contribution in [0, 0.1) is 37.9 Å². The van der Waals surface area contributed by atoms with E-state index in [0.29, 0.717) is 31.5 Å². The van der Waals surface area contributed by atoms with E-state index in [4.69, 9.17) is 5.26 Å². The number of aryl methyl sites for hydroxylation is 3. The molecule has 34 heavy (non-hydrogen) atoms. The standard InChI is InChI=1S/C27H26FN5O/c1-18-13-26-30-19(2)25(20(3)33(26)31-18)11-12-27(34)32(17-23-5-4-6-24(28)14-23)16-22-9-7-21(15-29)8-10-22/h4-10,13-14H,11-12,16-17H2,1-3H3. The molecular formula is C27H26FN5O. The number of carbonyl (C=O) groups is 1. The van der Waals surface area contributed by atoms with E-state index in [0.717, 1.165) is 39.4 Å².